The molecule has 4 heteroatoms. The van der Waals surface area contributed by atoms with Gasteiger partial charge in [-0.3, -0.25) is 4.79 Å². The lowest BCUT2D eigenvalue weighted by Gasteiger charge is -2.42. The van der Waals surface area contributed by atoms with Gasteiger partial charge in [0.1, 0.15) is 5.76 Å². The zero-order chi connectivity index (χ0) is 13.2. The lowest BCUT2D eigenvalue weighted by molar-refractivity contribution is 0.0892. The summed E-state index contributed by atoms with van der Waals surface area (Å²) in [6.07, 6.45) is 9.17. The lowest BCUT2D eigenvalue weighted by atomic mass is 9.77. The van der Waals surface area contributed by atoms with Crippen molar-refractivity contribution in [3.63, 3.8) is 0 Å². The van der Waals surface area contributed by atoms with Crippen LogP contribution in [0, 0.1) is 5.92 Å². The van der Waals surface area contributed by atoms with Crippen molar-refractivity contribution >= 4 is 0 Å². The number of hydrogen-bond donors (Lipinski definition) is 1. The van der Waals surface area contributed by atoms with Crippen molar-refractivity contribution < 1.29 is 4.52 Å². The zero-order valence-corrected chi connectivity index (χ0v) is 11.7. The maximum absolute atomic E-state index is 11.2. The summed E-state index contributed by atoms with van der Waals surface area (Å²) in [6, 6.07) is 2.30. The molecule has 1 aliphatic heterocycles. The van der Waals surface area contributed by atoms with Gasteiger partial charge in [0, 0.05) is 18.0 Å². The van der Waals surface area contributed by atoms with Gasteiger partial charge in [-0.1, -0.05) is 19.3 Å². The van der Waals surface area contributed by atoms with Gasteiger partial charge in [-0.05, 0) is 45.2 Å². The second-order valence-corrected chi connectivity index (χ2v) is 6.28. The number of likely N-dealkylation sites (tertiary alicyclic amines) is 1. The summed E-state index contributed by atoms with van der Waals surface area (Å²) >= 11 is 0. The molecular formula is C15H24N2O2. The van der Waals surface area contributed by atoms with Gasteiger partial charge >= 0.3 is 0 Å². The topological polar surface area (TPSA) is 49.2 Å². The SMILES string of the molecule is CN1CC[C@H](c2cc(=O)[nH]o2)C[C@@H]1C1CCCCC1. The predicted octanol–water partition coefficient (Wildman–Crippen LogP) is 2.73. The molecular weight excluding hydrogens is 240 g/mol. The Kier molecular flexibility index (Phi) is 3.78. The fourth-order valence-electron chi connectivity index (χ4n) is 3.94. The summed E-state index contributed by atoms with van der Waals surface area (Å²) in [4.78, 5) is 13.7. The number of aromatic nitrogens is 1. The van der Waals surface area contributed by atoms with Crippen LogP contribution < -0.4 is 5.56 Å². The van der Waals surface area contributed by atoms with E-state index in [0.29, 0.717) is 12.0 Å². The average molecular weight is 264 g/mol. The number of nitrogens with one attached hydrogen (secondary N) is 1. The molecule has 4 nitrogen and oxygen atoms in total. The third kappa shape index (κ3) is 2.78. The smallest absolute Gasteiger partial charge is 0.280 e. The number of rotatable bonds is 2. The van der Waals surface area contributed by atoms with E-state index >= 15 is 0 Å². The molecule has 0 aromatic carbocycles. The van der Waals surface area contributed by atoms with Crippen molar-refractivity contribution in [3.05, 3.63) is 22.2 Å². The van der Waals surface area contributed by atoms with Gasteiger partial charge in [0.25, 0.3) is 5.56 Å². The van der Waals surface area contributed by atoms with Crippen LogP contribution in [0.3, 0.4) is 0 Å². The van der Waals surface area contributed by atoms with Crippen molar-refractivity contribution in [2.75, 3.05) is 13.6 Å². The van der Waals surface area contributed by atoms with Gasteiger partial charge < -0.3 is 9.42 Å². The number of H-pyrrole nitrogens is 1. The second-order valence-electron chi connectivity index (χ2n) is 6.28. The standard InChI is InChI=1S/C15H24N2O2/c1-17-8-7-12(14-10-15(18)16-19-14)9-13(17)11-5-3-2-4-6-11/h10-13H,2-9H2,1H3,(H,16,18)/t12-,13+/m0/s1. The van der Waals surface area contributed by atoms with Crippen molar-refractivity contribution in [2.24, 2.45) is 5.92 Å². The van der Waals surface area contributed by atoms with Gasteiger partial charge in [0.05, 0.1) is 0 Å². The first-order valence-electron chi connectivity index (χ1n) is 7.62. The molecule has 0 bridgehead atoms. The fourth-order valence-corrected chi connectivity index (χ4v) is 3.94. The van der Waals surface area contributed by atoms with Gasteiger partial charge in [-0.2, -0.15) is 5.16 Å². The van der Waals surface area contributed by atoms with Crippen molar-refractivity contribution in [3.8, 4) is 0 Å². The highest BCUT2D eigenvalue weighted by Gasteiger charge is 2.34. The number of nitrogens with zero attached hydrogens (tertiary/aromatic N) is 1. The van der Waals surface area contributed by atoms with E-state index in [9.17, 15) is 4.79 Å². The van der Waals surface area contributed by atoms with Crippen molar-refractivity contribution in [1.29, 1.82) is 0 Å². The van der Waals surface area contributed by atoms with E-state index in [1.807, 2.05) is 0 Å². The third-order valence-corrected chi connectivity index (χ3v) is 5.06. The summed E-state index contributed by atoms with van der Waals surface area (Å²) in [6.45, 7) is 1.11. The molecule has 1 aromatic rings. The van der Waals surface area contributed by atoms with Crippen LogP contribution in [0.1, 0.15) is 56.6 Å². The van der Waals surface area contributed by atoms with E-state index < -0.39 is 0 Å². The van der Waals surface area contributed by atoms with Gasteiger partial charge in [-0.15, -0.1) is 0 Å². The van der Waals surface area contributed by atoms with Crippen LogP contribution in [0.25, 0.3) is 0 Å². The molecule has 2 atom stereocenters. The molecule has 2 aliphatic rings. The molecule has 1 saturated carbocycles. The van der Waals surface area contributed by atoms with E-state index in [-0.39, 0.29) is 5.56 Å². The van der Waals surface area contributed by atoms with Crippen LogP contribution >= 0.6 is 0 Å². The predicted molar refractivity (Wildman–Crippen MR) is 74.3 cm³/mol. The van der Waals surface area contributed by atoms with Crippen LogP contribution in [-0.4, -0.2) is 29.7 Å². The molecule has 2 heterocycles. The van der Waals surface area contributed by atoms with Crippen LogP contribution in [0.4, 0.5) is 0 Å². The highest BCUT2D eigenvalue weighted by molar-refractivity contribution is 5.05. The Morgan fingerprint density at radius 1 is 1.26 bits per heavy atom. The molecule has 0 radical (unpaired) electrons. The molecule has 0 amide bonds. The Morgan fingerprint density at radius 3 is 2.74 bits per heavy atom. The maximum Gasteiger partial charge on any atom is 0.280 e. The monoisotopic (exact) mass is 264 g/mol. The first-order chi connectivity index (χ1) is 9.24. The molecule has 2 fully saturated rings. The van der Waals surface area contributed by atoms with E-state index in [1.165, 1.54) is 32.1 Å². The minimum absolute atomic E-state index is 0.108. The average Bonchev–Trinajstić information content (AvgIpc) is 2.87. The fraction of sp³-hybridized carbons (Fsp3) is 0.800. The Balaban J connectivity index is 1.71. The van der Waals surface area contributed by atoms with Crippen LogP contribution in [-0.2, 0) is 0 Å². The molecule has 1 N–H and O–H groups in total. The summed E-state index contributed by atoms with van der Waals surface area (Å²) in [5.74, 6) is 2.12. The van der Waals surface area contributed by atoms with E-state index in [4.69, 9.17) is 4.52 Å². The highest BCUT2D eigenvalue weighted by atomic mass is 16.5. The van der Waals surface area contributed by atoms with Crippen molar-refractivity contribution in [1.82, 2.24) is 10.1 Å². The normalized spacial score (nSPS) is 30.6. The van der Waals surface area contributed by atoms with Crippen LogP contribution in [0.15, 0.2) is 15.4 Å². The van der Waals surface area contributed by atoms with E-state index in [0.717, 1.165) is 31.1 Å². The molecule has 1 aromatic heterocycles. The van der Waals surface area contributed by atoms with Crippen LogP contribution in [0.5, 0.6) is 0 Å². The van der Waals surface area contributed by atoms with Gasteiger partial charge in [-0.25, -0.2) is 0 Å². The molecule has 1 saturated heterocycles. The van der Waals surface area contributed by atoms with Gasteiger partial charge in [0.2, 0.25) is 0 Å². The summed E-state index contributed by atoms with van der Waals surface area (Å²) in [7, 11) is 2.25. The summed E-state index contributed by atoms with van der Waals surface area (Å²) in [5, 5.41) is 2.43. The Labute approximate surface area is 114 Å². The van der Waals surface area contributed by atoms with Crippen molar-refractivity contribution in [2.45, 2.75) is 56.9 Å². The number of aromatic amines is 1. The summed E-state index contributed by atoms with van der Waals surface area (Å²) in [5.41, 5.74) is -0.108. The molecule has 106 valence electrons. The molecule has 3 rings (SSSR count). The van der Waals surface area contributed by atoms with Crippen LogP contribution in [0.2, 0.25) is 0 Å². The number of piperidine rings is 1. The van der Waals surface area contributed by atoms with E-state index in [2.05, 4.69) is 17.1 Å². The first-order valence-corrected chi connectivity index (χ1v) is 7.62. The van der Waals surface area contributed by atoms with Gasteiger partial charge in [0.15, 0.2) is 0 Å². The summed E-state index contributed by atoms with van der Waals surface area (Å²) < 4.78 is 5.32. The quantitative estimate of drug-likeness (QED) is 0.893. The lowest BCUT2D eigenvalue weighted by Crippen LogP contribution is -2.44. The highest BCUT2D eigenvalue weighted by Crippen LogP contribution is 2.38. The minimum Gasteiger partial charge on any atom is -0.383 e. The molecule has 1 aliphatic carbocycles. The Bertz CT molecular complexity index is 459. The Hall–Kier alpha value is -1.03. The number of hydrogen-bond acceptors (Lipinski definition) is 3. The molecule has 19 heavy (non-hydrogen) atoms. The third-order valence-electron chi connectivity index (χ3n) is 5.06. The first kappa shape index (κ1) is 13.0. The minimum atomic E-state index is -0.108. The molecule has 0 unspecified atom stereocenters. The zero-order valence-electron chi connectivity index (χ0n) is 11.7. The maximum atomic E-state index is 11.2. The Morgan fingerprint density at radius 2 is 2.05 bits per heavy atom. The second kappa shape index (κ2) is 5.53. The molecule has 0 spiro atoms. The largest absolute Gasteiger partial charge is 0.383 e. The van der Waals surface area contributed by atoms with E-state index in [1.54, 1.807) is 6.07 Å².